The first-order valence-electron chi connectivity index (χ1n) is 11.1. The van der Waals surface area contributed by atoms with Gasteiger partial charge >= 0.3 is 0 Å². The Morgan fingerprint density at radius 1 is 0.853 bits per heavy atom. The maximum Gasteiger partial charge on any atom is 0.254 e. The monoisotopic (exact) mass is 487 g/mol. The van der Waals surface area contributed by atoms with Gasteiger partial charge in [-0.1, -0.05) is 6.07 Å². The number of sulfonamides is 1. The standard InChI is InChI=1S/C24H29N3O6S/c1-17(28)25-9-11-27(12-10-25)34(30,31)21-6-4-5-19(13-21)24(29)26-8-7-18-14-22(32-2)23(33-3)15-20(18)16-26/h4-6,13-15H,7-12,16H2,1-3H3. The van der Waals surface area contributed by atoms with E-state index in [0.29, 0.717) is 49.7 Å². The number of fused-ring (bicyclic) bond motifs is 1. The maximum absolute atomic E-state index is 13.3. The van der Waals surface area contributed by atoms with Crippen LogP contribution in [0.25, 0.3) is 0 Å². The molecule has 0 atom stereocenters. The summed E-state index contributed by atoms with van der Waals surface area (Å²) in [5.74, 6) is 0.972. The SMILES string of the molecule is COc1cc2c(cc1OC)CN(C(=O)c1cccc(S(=O)(=O)N3CCN(C(C)=O)CC3)c1)CC2. The fourth-order valence-corrected chi connectivity index (χ4v) is 5.89. The maximum atomic E-state index is 13.3. The molecule has 9 nitrogen and oxygen atoms in total. The van der Waals surface area contributed by atoms with E-state index in [-0.39, 0.29) is 29.8 Å². The lowest BCUT2D eigenvalue weighted by Crippen LogP contribution is -2.49. The number of benzene rings is 2. The molecule has 0 aromatic heterocycles. The molecule has 0 bridgehead atoms. The van der Waals surface area contributed by atoms with Crippen LogP contribution in [0.4, 0.5) is 0 Å². The molecule has 0 spiro atoms. The molecule has 2 aromatic rings. The van der Waals surface area contributed by atoms with Gasteiger partial charge in [0.2, 0.25) is 15.9 Å². The average molecular weight is 488 g/mol. The smallest absolute Gasteiger partial charge is 0.254 e. The highest BCUT2D eigenvalue weighted by atomic mass is 32.2. The van der Waals surface area contributed by atoms with Crippen molar-refractivity contribution in [1.82, 2.24) is 14.1 Å². The number of piperazine rings is 1. The zero-order chi connectivity index (χ0) is 24.5. The zero-order valence-corrected chi connectivity index (χ0v) is 20.4. The number of rotatable bonds is 5. The molecule has 182 valence electrons. The van der Waals surface area contributed by atoms with Crippen LogP contribution in [0.15, 0.2) is 41.3 Å². The molecule has 34 heavy (non-hydrogen) atoms. The van der Waals surface area contributed by atoms with E-state index in [2.05, 4.69) is 0 Å². The molecule has 2 aliphatic heterocycles. The van der Waals surface area contributed by atoms with Crippen molar-refractivity contribution in [2.24, 2.45) is 0 Å². The molecule has 0 aliphatic carbocycles. The molecule has 2 aromatic carbocycles. The van der Waals surface area contributed by atoms with Gasteiger partial charge in [-0.25, -0.2) is 8.42 Å². The summed E-state index contributed by atoms with van der Waals surface area (Å²) in [6, 6.07) is 10.0. The van der Waals surface area contributed by atoms with Crippen molar-refractivity contribution in [2.45, 2.75) is 24.8 Å². The van der Waals surface area contributed by atoms with Crippen molar-refractivity contribution in [3.05, 3.63) is 53.1 Å². The second-order valence-electron chi connectivity index (χ2n) is 8.39. The molecule has 2 aliphatic rings. The Morgan fingerprint density at radius 3 is 2.12 bits per heavy atom. The average Bonchev–Trinajstić information content (AvgIpc) is 2.87. The molecule has 4 rings (SSSR count). The Kier molecular flexibility index (Phi) is 6.81. The van der Waals surface area contributed by atoms with Crippen LogP contribution in [-0.2, 0) is 27.8 Å². The van der Waals surface area contributed by atoms with E-state index in [1.807, 2.05) is 12.1 Å². The predicted molar refractivity (Wildman–Crippen MR) is 125 cm³/mol. The Labute approximate surface area is 199 Å². The number of hydrogen-bond donors (Lipinski definition) is 0. The van der Waals surface area contributed by atoms with Crippen LogP contribution in [0.2, 0.25) is 0 Å². The first kappa shape index (κ1) is 24.0. The molecule has 2 amide bonds. The number of methoxy groups -OCH3 is 2. The van der Waals surface area contributed by atoms with Crippen molar-refractivity contribution in [3.8, 4) is 11.5 Å². The summed E-state index contributed by atoms with van der Waals surface area (Å²) in [4.78, 5) is 28.2. The summed E-state index contributed by atoms with van der Waals surface area (Å²) < 4.78 is 38.5. The Bertz CT molecular complexity index is 1210. The molecule has 0 radical (unpaired) electrons. The van der Waals surface area contributed by atoms with E-state index in [1.165, 1.54) is 23.4 Å². The Balaban J connectivity index is 1.52. The fourth-order valence-electron chi connectivity index (χ4n) is 4.42. The minimum Gasteiger partial charge on any atom is -0.493 e. The van der Waals surface area contributed by atoms with Crippen molar-refractivity contribution >= 4 is 21.8 Å². The Morgan fingerprint density at radius 2 is 1.50 bits per heavy atom. The lowest BCUT2D eigenvalue weighted by atomic mass is 9.98. The van der Waals surface area contributed by atoms with Gasteiger partial charge in [-0.3, -0.25) is 9.59 Å². The molecule has 2 heterocycles. The van der Waals surface area contributed by atoms with Crippen LogP contribution in [0.3, 0.4) is 0 Å². The van der Waals surface area contributed by atoms with Crippen LogP contribution in [0.5, 0.6) is 11.5 Å². The summed E-state index contributed by atoms with van der Waals surface area (Å²) in [5, 5.41) is 0. The van der Waals surface area contributed by atoms with Crippen molar-refractivity contribution < 1.29 is 27.5 Å². The van der Waals surface area contributed by atoms with Gasteiger partial charge in [0.05, 0.1) is 19.1 Å². The van der Waals surface area contributed by atoms with Crippen LogP contribution in [0, 0.1) is 0 Å². The van der Waals surface area contributed by atoms with Crippen molar-refractivity contribution in [2.75, 3.05) is 46.9 Å². The number of nitrogens with zero attached hydrogens (tertiary/aromatic N) is 3. The number of carbonyl (C=O) groups is 2. The Hall–Kier alpha value is -3.11. The van der Waals surface area contributed by atoms with E-state index in [9.17, 15) is 18.0 Å². The van der Waals surface area contributed by atoms with Gasteiger partial charge in [0.15, 0.2) is 11.5 Å². The molecule has 0 unspecified atom stereocenters. The molecule has 0 N–H and O–H groups in total. The quantitative estimate of drug-likeness (QED) is 0.638. The summed E-state index contributed by atoms with van der Waals surface area (Å²) in [5.41, 5.74) is 2.40. The van der Waals surface area contributed by atoms with Crippen molar-refractivity contribution in [1.29, 1.82) is 0 Å². The molecular weight excluding hydrogens is 458 g/mol. The van der Waals surface area contributed by atoms with E-state index < -0.39 is 10.0 Å². The number of hydrogen-bond acceptors (Lipinski definition) is 6. The summed E-state index contributed by atoms with van der Waals surface area (Å²) in [7, 11) is -0.607. The zero-order valence-electron chi connectivity index (χ0n) is 19.6. The van der Waals surface area contributed by atoms with Gasteiger partial charge in [-0.05, 0) is 47.9 Å². The predicted octanol–water partition coefficient (Wildman–Crippen LogP) is 1.76. The largest absolute Gasteiger partial charge is 0.493 e. The van der Waals surface area contributed by atoms with Crippen molar-refractivity contribution in [3.63, 3.8) is 0 Å². The van der Waals surface area contributed by atoms with E-state index in [1.54, 1.807) is 36.2 Å². The lowest BCUT2D eigenvalue weighted by Gasteiger charge is -2.33. The third kappa shape index (κ3) is 4.60. The first-order chi connectivity index (χ1) is 16.2. The number of amides is 2. The van der Waals surface area contributed by atoms with Gasteiger partial charge in [0.25, 0.3) is 5.91 Å². The van der Waals surface area contributed by atoms with E-state index in [4.69, 9.17) is 9.47 Å². The highest BCUT2D eigenvalue weighted by Gasteiger charge is 2.30. The van der Waals surface area contributed by atoms with E-state index >= 15 is 0 Å². The molecule has 0 saturated carbocycles. The van der Waals surface area contributed by atoms with Crippen LogP contribution in [-0.4, -0.2) is 81.3 Å². The topological polar surface area (TPSA) is 96.5 Å². The first-order valence-corrected chi connectivity index (χ1v) is 12.6. The number of carbonyl (C=O) groups excluding carboxylic acids is 2. The summed E-state index contributed by atoms with van der Waals surface area (Å²) in [6.45, 7) is 3.57. The second-order valence-corrected chi connectivity index (χ2v) is 10.3. The second kappa shape index (κ2) is 9.63. The highest BCUT2D eigenvalue weighted by molar-refractivity contribution is 7.89. The molecular formula is C24H29N3O6S. The van der Waals surface area contributed by atoms with Crippen LogP contribution in [0.1, 0.15) is 28.4 Å². The van der Waals surface area contributed by atoms with Gasteiger partial charge < -0.3 is 19.3 Å². The fraction of sp³-hybridized carbons (Fsp3) is 0.417. The van der Waals surface area contributed by atoms with Crippen LogP contribution >= 0.6 is 0 Å². The third-order valence-corrected chi connectivity index (χ3v) is 8.30. The normalized spacial score (nSPS) is 16.7. The minimum absolute atomic E-state index is 0.0659. The molecule has 10 heteroatoms. The minimum atomic E-state index is -3.77. The van der Waals surface area contributed by atoms with Gasteiger partial charge in [-0.2, -0.15) is 4.31 Å². The molecule has 1 saturated heterocycles. The van der Waals surface area contributed by atoms with E-state index in [0.717, 1.165) is 11.1 Å². The third-order valence-electron chi connectivity index (χ3n) is 6.41. The highest BCUT2D eigenvalue weighted by Crippen LogP contribution is 2.33. The van der Waals surface area contributed by atoms with Gasteiger partial charge in [0, 0.05) is 51.8 Å². The van der Waals surface area contributed by atoms with Crippen LogP contribution < -0.4 is 9.47 Å². The van der Waals surface area contributed by atoms with Gasteiger partial charge in [0.1, 0.15) is 0 Å². The summed E-state index contributed by atoms with van der Waals surface area (Å²) in [6.07, 6.45) is 0.667. The van der Waals surface area contributed by atoms with Gasteiger partial charge in [-0.15, -0.1) is 0 Å². The summed E-state index contributed by atoms with van der Waals surface area (Å²) >= 11 is 0. The molecule has 1 fully saturated rings. The lowest BCUT2D eigenvalue weighted by molar-refractivity contribution is -0.129. The number of ether oxygens (including phenoxy) is 2.